The fraction of sp³-hybridized carbons (Fsp3) is 0.500. The summed E-state index contributed by atoms with van der Waals surface area (Å²) in [6.45, 7) is 0. The van der Waals surface area contributed by atoms with Gasteiger partial charge < -0.3 is 20.3 Å². The molecule has 0 aromatic heterocycles. The average Bonchev–Trinajstić information content (AvgIpc) is 2.62. The Morgan fingerprint density at radius 3 is 2.76 bits per heavy atom. The van der Waals surface area contributed by atoms with Crippen molar-refractivity contribution in [2.45, 2.75) is 50.2 Å². The number of rotatable bonds is 3. The summed E-state index contributed by atoms with van der Waals surface area (Å²) in [5.41, 5.74) is 0.864. The molecule has 1 aromatic carbocycles. The molecule has 2 aliphatic rings. The number of nitrogens with one attached hydrogen (secondary N) is 2. The van der Waals surface area contributed by atoms with Gasteiger partial charge in [0.1, 0.15) is 6.04 Å². The van der Waals surface area contributed by atoms with E-state index in [1.165, 1.54) is 7.11 Å². The molecule has 1 amide bonds. The molecule has 1 heterocycles. The second kappa shape index (κ2) is 7.82. The van der Waals surface area contributed by atoms with Gasteiger partial charge in [-0.3, -0.25) is 9.59 Å². The number of piperazine rings is 1. The fourth-order valence-corrected chi connectivity index (χ4v) is 4.06. The van der Waals surface area contributed by atoms with Crippen molar-refractivity contribution in [1.82, 2.24) is 10.2 Å². The highest BCUT2D eigenvalue weighted by Gasteiger charge is 2.44. The first-order valence-corrected chi connectivity index (χ1v) is 9.02. The summed E-state index contributed by atoms with van der Waals surface area (Å²) in [4.78, 5) is 26.4. The number of hydrogen-bond acceptors (Lipinski definition) is 4. The van der Waals surface area contributed by atoms with Crippen LogP contribution in [0.3, 0.4) is 0 Å². The highest BCUT2D eigenvalue weighted by molar-refractivity contribution is 7.80. The average molecular weight is 361 g/mol. The molecule has 7 heteroatoms. The second-order valence-corrected chi connectivity index (χ2v) is 6.85. The third kappa shape index (κ3) is 3.92. The Labute approximate surface area is 152 Å². The van der Waals surface area contributed by atoms with E-state index in [1.807, 2.05) is 35.2 Å². The van der Waals surface area contributed by atoms with Crippen molar-refractivity contribution < 1.29 is 14.3 Å². The molecule has 2 N–H and O–H groups in total. The molecular formula is C18H23N3O3S. The maximum Gasteiger partial charge on any atom is 0.308 e. The van der Waals surface area contributed by atoms with E-state index in [4.69, 9.17) is 17.0 Å². The summed E-state index contributed by atoms with van der Waals surface area (Å²) >= 11 is 5.63. The summed E-state index contributed by atoms with van der Waals surface area (Å²) in [6.07, 6.45) is 4.05. The van der Waals surface area contributed by atoms with E-state index in [0.29, 0.717) is 5.11 Å². The summed E-state index contributed by atoms with van der Waals surface area (Å²) in [7, 11) is 1.33. The maximum absolute atomic E-state index is 12.6. The molecular weight excluding hydrogens is 338 g/mol. The number of para-hydroxylation sites is 1. The standard InChI is InChI=1S/C18H23N3O3S/c1-24-16(22)11-15-17(23)20-13-9-5-6-10-14(13)21(15)18(25)19-12-7-3-2-4-8-12/h2-4,7-8,13-15H,5-6,9-11H2,1H3,(H,19,25)(H,20,23)/t13-,14+,15-/m1/s1. The minimum Gasteiger partial charge on any atom is -0.469 e. The lowest BCUT2D eigenvalue weighted by molar-refractivity contribution is -0.146. The number of amides is 1. The van der Waals surface area contributed by atoms with Gasteiger partial charge in [-0.25, -0.2) is 0 Å². The lowest BCUT2D eigenvalue weighted by Crippen LogP contribution is -2.68. The molecule has 1 aliphatic heterocycles. The van der Waals surface area contributed by atoms with E-state index in [-0.39, 0.29) is 24.4 Å². The van der Waals surface area contributed by atoms with Crippen molar-refractivity contribution in [1.29, 1.82) is 0 Å². The summed E-state index contributed by atoms with van der Waals surface area (Å²) in [6, 6.07) is 9.14. The fourth-order valence-electron chi connectivity index (χ4n) is 3.68. The predicted molar refractivity (Wildman–Crippen MR) is 99.1 cm³/mol. The Balaban J connectivity index is 1.85. The van der Waals surface area contributed by atoms with E-state index in [1.54, 1.807) is 0 Å². The van der Waals surface area contributed by atoms with Crippen molar-refractivity contribution in [2.24, 2.45) is 0 Å². The number of ether oxygens (including phenoxy) is 1. The first-order chi connectivity index (χ1) is 12.1. The Morgan fingerprint density at radius 1 is 1.32 bits per heavy atom. The van der Waals surface area contributed by atoms with Gasteiger partial charge in [0.25, 0.3) is 0 Å². The molecule has 1 aliphatic carbocycles. The third-order valence-corrected chi connectivity index (χ3v) is 5.21. The zero-order valence-electron chi connectivity index (χ0n) is 14.2. The molecule has 2 fully saturated rings. The van der Waals surface area contributed by atoms with Crippen molar-refractivity contribution in [2.75, 3.05) is 12.4 Å². The number of fused-ring (bicyclic) bond motifs is 1. The van der Waals surface area contributed by atoms with Crippen LogP contribution in [-0.4, -0.2) is 47.1 Å². The van der Waals surface area contributed by atoms with Gasteiger partial charge in [0.15, 0.2) is 5.11 Å². The number of carbonyl (C=O) groups excluding carboxylic acids is 2. The van der Waals surface area contributed by atoms with Crippen LogP contribution in [0.5, 0.6) is 0 Å². The van der Waals surface area contributed by atoms with Gasteiger partial charge in [-0.05, 0) is 37.2 Å². The SMILES string of the molecule is COC(=O)C[C@@H]1C(=O)N[C@@H]2CCCC[C@@H]2N1C(=S)Nc1ccccc1. The molecule has 0 unspecified atom stereocenters. The Hall–Kier alpha value is -2.15. The smallest absolute Gasteiger partial charge is 0.308 e. The monoisotopic (exact) mass is 361 g/mol. The third-order valence-electron chi connectivity index (χ3n) is 4.90. The van der Waals surface area contributed by atoms with E-state index >= 15 is 0 Å². The largest absolute Gasteiger partial charge is 0.469 e. The molecule has 0 radical (unpaired) electrons. The van der Waals surface area contributed by atoms with Gasteiger partial charge in [0.05, 0.1) is 19.6 Å². The van der Waals surface area contributed by atoms with Crippen molar-refractivity contribution >= 4 is 34.9 Å². The molecule has 3 atom stereocenters. The van der Waals surface area contributed by atoms with Gasteiger partial charge in [-0.2, -0.15) is 0 Å². The van der Waals surface area contributed by atoms with Crippen LogP contribution in [-0.2, 0) is 14.3 Å². The maximum atomic E-state index is 12.6. The lowest BCUT2D eigenvalue weighted by atomic mass is 9.85. The highest BCUT2D eigenvalue weighted by Crippen LogP contribution is 2.30. The van der Waals surface area contributed by atoms with Crippen LogP contribution in [0, 0.1) is 0 Å². The zero-order valence-corrected chi connectivity index (χ0v) is 15.1. The van der Waals surface area contributed by atoms with Gasteiger partial charge >= 0.3 is 5.97 Å². The molecule has 3 rings (SSSR count). The Morgan fingerprint density at radius 2 is 2.04 bits per heavy atom. The molecule has 6 nitrogen and oxygen atoms in total. The van der Waals surface area contributed by atoms with Gasteiger partial charge in [0.2, 0.25) is 5.91 Å². The normalized spacial score (nSPS) is 25.6. The van der Waals surface area contributed by atoms with Crippen LogP contribution in [0.4, 0.5) is 5.69 Å². The van der Waals surface area contributed by atoms with Crippen LogP contribution in [0.25, 0.3) is 0 Å². The molecule has 134 valence electrons. The number of anilines is 1. The Kier molecular flexibility index (Phi) is 5.53. The topological polar surface area (TPSA) is 70.7 Å². The van der Waals surface area contributed by atoms with Gasteiger partial charge in [-0.15, -0.1) is 0 Å². The first kappa shape index (κ1) is 17.7. The van der Waals surface area contributed by atoms with Crippen LogP contribution in [0.2, 0.25) is 0 Å². The highest BCUT2D eigenvalue weighted by atomic mass is 32.1. The molecule has 0 bridgehead atoms. The number of methoxy groups -OCH3 is 1. The summed E-state index contributed by atoms with van der Waals surface area (Å²) < 4.78 is 4.77. The number of hydrogen-bond donors (Lipinski definition) is 2. The zero-order chi connectivity index (χ0) is 17.8. The molecule has 25 heavy (non-hydrogen) atoms. The summed E-state index contributed by atoms with van der Waals surface area (Å²) in [5, 5.41) is 6.76. The minimum absolute atomic E-state index is 0.0117. The first-order valence-electron chi connectivity index (χ1n) is 8.61. The van der Waals surface area contributed by atoms with Crippen LogP contribution < -0.4 is 10.6 Å². The second-order valence-electron chi connectivity index (χ2n) is 6.47. The number of nitrogens with zero attached hydrogens (tertiary/aromatic N) is 1. The van der Waals surface area contributed by atoms with Gasteiger partial charge in [0, 0.05) is 11.7 Å². The number of benzene rings is 1. The quantitative estimate of drug-likeness (QED) is 0.634. The lowest BCUT2D eigenvalue weighted by Gasteiger charge is -2.49. The van der Waals surface area contributed by atoms with Gasteiger partial charge in [-0.1, -0.05) is 31.0 Å². The van der Waals surface area contributed by atoms with E-state index < -0.39 is 12.0 Å². The van der Waals surface area contributed by atoms with E-state index in [0.717, 1.165) is 31.4 Å². The molecule has 0 spiro atoms. The van der Waals surface area contributed by atoms with Crippen LogP contribution in [0.15, 0.2) is 30.3 Å². The van der Waals surface area contributed by atoms with Crippen LogP contribution >= 0.6 is 12.2 Å². The molecule has 1 aromatic rings. The Bertz CT molecular complexity index is 652. The number of thiocarbonyl (C=S) groups is 1. The summed E-state index contributed by atoms with van der Waals surface area (Å²) in [5.74, 6) is -0.576. The number of carbonyl (C=O) groups is 2. The van der Waals surface area contributed by atoms with Crippen LogP contribution in [0.1, 0.15) is 32.1 Å². The molecule has 1 saturated carbocycles. The minimum atomic E-state index is -0.643. The number of esters is 1. The molecule has 1 saturated heterocycles. The van der Waals surface area contributed by atoms with E-state index in [9.17, 15) is 9.59 Å². The predicted octanol–water partition coefficient (Wildman–Crippen LogP) is 2.06. The van der Waals surface area contributed by atoms with Crippen molar-refractivity contribution in [3.05, 3.63) is 30.3 Å². The van der Waals surface area contributed by atoms with Crippen molar-refractivity contribution in [3.8, 4) is 0 Å². The van der Waals surface area contributed by atoms with Crippen molar-refractivity contribution in [3.63, 3.8) is 0 Å². The van der Waals surface area contributed by atoms with E-state index in [2.05, 4.69) is 10.6 Å².